The Kier molecular flexibility index (Phi) is 3.83. The second-order valence-corrected chi connectivity index (χ2v) is 6.79. The van der Waals surface area contributed by atoms with Gasteiger partial charge in [0.05, 0.1) is 17.3 Å². The van der Waals surface area contributed by atoms with Crippen LogP contribution in [0.5, 0.6) is 5.75 Å². The number of hydrogen-bond acceptors (Lipinski definition) is 5. The van der Waals surface area contributed by atoms with Gasteiger partial charge in [0.25, 0.3) is 0 Å². The summed E-state index contributed by atoms with van der Waals surface area (Å²) >= 11 is 0. The van der Waals surface area contributed by atoms with Crippen molar-refractivity contribution in [2.45, 2.75) is 25.4 Å². The number of aromatic amines is 1. The number of ether oxygens (including phenoxy) is 1. The maximum absolute atomic E-state index is 14.2. The second kappa shape index (κ2) is 6.50. The molecule has 1 aliphatic carbocycles. The Morgan fingerprint density at radius 1 is 1.29 bits per heavy atom. The summed E-state index contributed by atoms with van der Waals surface area (Å²) in [5.41, 5.74) is 3.38. The van der Waals surface area contributed by atoms with Crippen LogP contribution in [0.15, 0.2) is 47.3 Å². The Labute approximate surface area is 159 Å². The maximum Gasteiger partial charge on any atom is 0.181 e. The van der Waals surface area contributed by atoms with Crippen LogP contribution in [0.4, 0.5) is 4.39 Å². The largest absolute Gasteiger partial charge is 0.486 e. The average molecular weight is 374 g/mol. The van der Waals surface area contributed by atoms with E-state index in [1.807, 2.05) is 24.3 Å². The van der Waals surface area contributed by atoms with Crippen molar-refractivity contribution in [1.82, 2.24) is 15.2 Å². The van der Waals surface area contributed by atoms with Crippen LogP contribution in [0.2, 0.25) is 0 Å². The van der Waals surface area contributed by atoms with Gasteiger partial charge in [0.15, 0.2) is 12.2 Å². The van der Waals surface area contributed by atoms with Gasteiger partial charge in [-0.2, -0.15) is 10.4 Å². The molecule has 7 heteroatoms. The predicted molar refractivity (Wildman–Crippen MR) is 99.0 cm³/mol. The number of fused-ring (bicyclic) bond motifs is 2. The highest BCUT2D eigenvalue weighted by Gasteiger charge is 2.24. The zero-order valence-corrected chi connectivity index (χ0v) is 14.8. The third-order valence-electron chi connectivity index (χ3n) is 5.09. The van der Waals surface area contributed by atoms with Gasteiger partial charge in [-0.1, -0.05) is 0 Å². The number of aryl methyl sites for hydroxylation is 1. The monoisotopic (exact) mass is 374 g/mol. The molecule has 0 unspecified atom stereocenters. The van der Waals surface area contributed by atoms with Gasteiger partial charge in [0, 0.05) is 5.39 Å². The summed E-state index contributed by atoms with van der Waals surface area (Å²) in [5, 5.41) is 17.2. The molecule has 4 aromatic rings. The first-order valence-electron chi connectivity index (χ1n) is 8.99. The van der Waals surface area contributed by atoms with E-state index in [0.717, 1.165) is 41.3 Å². The molecule has 0 radical (unpaired) electrons. The first-order chi connectivity index (χ1) is 13.7. The molecule has 0 saturated heterocycles. The molecule has 5 rings (SSSR count). The molecule has 1 atom stereocenters. The fourth-order valence-corrected chi connectivity index (χ4v) is 3.74. The Morgan fingerprint density at radius 3 is 3.04 bits per heavy atom. The Balaban J connectivity index is 1.51. The van der Waals surface area contributed by atoms with Crippen molar-refractivity contribution >= 4 is 10.9 Å². The number of benzene rings is 2. The van der Waals surface area contributed by atoms with E-state index < -0.39 is 5.82 Å². The highest BCUT2D eigenvalue weighted by Crippen LogP contribution is 2.36. The normalized spacial score (nSPS) is 15.9. The highest BCUT2D eigenvalue weighted by atomic mass is 19.1. The number of nitriles is 1. The van der Waals surface area contributed by atoms with Crippen LogP contribution < -0.4 is 4.74 Å². The molecule has 0 spiro atoms. The van der Waals surface area contributed by atoms with E-state index >= 15 is 0 Å². The third kappa shape index (κ3) is 2.70. The second-order valence-electron chi connectivity index (χ2n) is 6.79. The lowest BCUT2D eigenvalue weighted by molar-refractivity contribution is 0.183. The molecule has 0 bridgehead atoms. The predicted octanol–water partition coefficient (Wildman–Crippen LogP) is 4.69. The van der Waals surface area contributed by atoms with Crippen LogP contribution in [0.25, 0.3) is 22.4 Å². The molecule has 0 amide bonds. The standard InChI is InChI=1S/C21H15FN4O2/c22-17-8-15-12(6-13(17)9-23)2-1-3-19(15)28-14-4-5-18-16(7-14)21(26-25-18)20-10-24-11-27-20/h4-8,10-11,19H,1-3H2,(H,25,26)/t19-/m1/s1. The lowest BCUT2D eigenvalue weighted by Crippen LogP contribution is -2.16. The molecule has 2 heterocycles. The molecule has 0 aliphatic heterocycles. The van der Waals surface area contributed by atoms with E-state index in [0.29, 0.717) is 17.2 Å². The van der Waals surface area contributed by atoms with E-state index in [4.69, 9.17) is 14.4 Å². The van der Waals surface area contributed by atoms with Gasteiger partial charge >= 0.3 is 0 Å². The smallest absolute Gasteiger partial charge is 0.181 e. The topological polar surface area (TPSA) is 87.7 Å². The summed E-state index contributed by atoms with van der Waals surface area (Å²) in [5.74, 6) is 0.726. The van der Waals surface area contributed by atoms with Crippen LogP contribution >= 0.6 is 0 Å². The SMILES string of the molecule is N#Cc1cc2c(cc1F)[C@H](Oc1ccc3[nH]nc(-c4cnco4)c3c1)CCC2. The summed E-state index contributed by atoms with van der Waals surface area (Å²) in [6, 6.07) is 10.6. The van der Waals surface area contributed by atoms with Crippen molar-refractivity contribution < 1.29 is 13.5 Å². The molecule has 6 nitrogen and oxygen atoms in total. The van der Waals surface area contributed by atoms with Gasteiger partial charge < -0.3 is 9.15 Å². The van der Waals surface area contributed by atoms with Crippen molar-refractivity contribution in [3.8, 4) is 23.3 Å². The Hall–Kier alpha value is -3.66. The molecule has 0 fully saturated rings. The number of hydrogen-bond donors (Lipinski definition) is 1. The minimum absolute atomic E-state index is 0.0796. The van der Waals surface area contributed by atoms with Gasteiger partial charge in [-0.3, -0.25) is 5.10 Å². The van der Waals surface area contributed by atoms with Crippen LogP contribution in [0.3, 0.4) is 0 Å². The van der Waals surface area contributed by atoms with Crippen LogP contribution in [-0.2, 0) is 6.42 Å². The lowest BCUT2D eigenvalue weighted by atomic mass is 9.88. The van der Waals surface area contributed by atoms with Gasteiger partial charge in [-0.05, 0) is 60.7 Å². The van der Waals surface area contributed by atoms with E-state index in [1.165, 1.54) is 12.5 Å². The van der Waals surface area contributed by atoms with Crippen molar-refractivity contribution in [3.05, 3.63) is 65.4 Å². The molecule has 138 valence electrons. The zero-order chi connectivity index (χ0) is 19.1. The lowest BCUT2D eigenvalue weighted by Gasteiger charge is -2.26. The minimum Gasteiger partial charge on any atom is -0.486 e. The summed E-state index contributed by atoms with van der Waals surface area (Å²) in [6.07, 6.45) is 5.24. The van der Waals surface area contributed by atoms with Crippen LogP contribution in [-0.4, -0.2) is 15.2 Å². The molecular weight excluding hydrogens is 359 g/mol. The fourth-order valence-electron chi connectivity index (χ4n) is 3.74. The van der Waals surface area contributed by atoms with Crippen molar-refractivity contribution in [1.29, 1.82) is 5.26 Å². The molecule has 1 N–H and O–H groups in total. The van der Waals surface area contributed by atoms with E-state index in [-0.39, 0.29) is 11.7 Å². The third-order valence-corrected chi connectivity index (χ3v) is 5.09. The fraction of sp³-hybridized carbons (Fsp3) is 0.190. The molecular formula is C21H15FN4O2. The number of H-pyrrole nitrogens is 1. The maximum atomic E-state index is 14.2. The summed E-state index contributed by atoms with van der Waals surface area (Å²) in [4.78, 5) is 3.94. The van der Waals surface area contributed by atoms with Gasteiger partial charge in [0.1, 0.15) is 29.4 Å². The molecule has 28 heavy (non-hydrogen) atoms. The average Bonchev–Trinajstić information content (AvgIpc) is 3.37. The molecule has 2 aromatic carbocycles. The summed E-state index contributed by atoms with van der Waals surface area (Å²) in [6.45, 7) is 0. The number of halogens is 1. The highest BCUT2D eigenvalue weighted by molar-refractivity contribution is 5.92. The number of nitrogens with zero attached hydrogens (tertiary/aromatic N) is 3. The van der Waals surface area contributed by atoms with Gasteiger partial charge in [-0.25, -0.2) is 9.37 Å². The van der Waals surface area contributed by atoms with Crippen LogP contribution in [0, 0.1) is 17.1 Å². The summed E-state index contributed by atoms with van der Waals surface area (Å²) in [7, 11) is 0. The number of oxazole rings is 1. The van der Waals surface area contributed by atoms with E-state index in [1.54, 1.807) is 12.3 Å². The van der Waals surface area contributed by atoms with Crippen molar-refractivity contribution in [2.75, 3.05) is 0 Å². The van der Waals surface area contributed by atoms with Crippen LogP contribution in [0.1, 0.15) is 35.6 Å². The van der Waals surface area contributed by atoms with Crippen molar-refractivity contribution in [2.24, 2.45) is 0 Å². The summed E-state index contributed by atoms with van der Waals surface area (Å²) < 4.78 is 25.7. The van der Waals surface area contributed by atoms with Crippen molar-refractivity contribution in [3.63, 3.8) is 0 Å². The number of aromatic nitrogens is 3. The van der Waals surface area contributed by atoms with E-state index in [2.05, 4.69) is 15.2 Å². The number of nitrogens with one attached hydrogen (secondary N) is 1. The minimum atomic E-state index is -0.505. The van der Waals surface area contributed by atoms with E-state index in [9.17, 15) is 4.39 Å². The number of rotatable bonds is 3. The first kappa shape index (κ1) is 16.5. The zero-order valence-electron chi connectivity index (χ0n) is 14.8. The molecule has 2 aromatic heterocycles. The van der Waals surface area contributed by atoms with Gasteiger partial charge in [0.2, 0.25) is 0 Å². The molecule has 1 aliphatic rings. The Bertz CT molecular complexity index is 1210. The Morgan fingerprint density at radius 2 is 2.21 bits per heavy atom. The van der Waals surface area contributed by atoms with Gasteiger partial charge in [-0.15, -0.1) is 0 Å². The molecule has 0 saturated carbocycles. The first-order valence-corrected chi connectivity index (χ1v) is 8.99. The quantitative estimate of drug-likeness (QED) is 0.562.